The average molecular weight is 478 g/mol. The maximum Gasteiger partial charge on any atom is 0.256 e. The summed E-state index contributed by atoms with van der Waals surface area (Å²) in [6.07, 6.45) is 2.20. The molecule has 5 heteroatoms. The zero-order valence-electron chi connectivity index (χ0n) is 20.5. The predicted molar refractivity (Wildman–Crippen MR) is 147 cm³/mol. The highest BCUT2D eigenvalue weighted by Gasteiger charge is 2.22. The lowest BCUT2D eigenvalue weighted by Crippen LogP contribution is -2.35. The van der Waals surface area contributed by atoms with Gasteiger partial charge in [-0.05, 0) is 59.4 Å². The van der Waals surface area contributed by atoms with Crippen LogP contribution < -0.4 is 15.5 Å². The number of carbonyl (C=O) groups excluding carboxylic acids is 2. The lowest BCUT2D eigenvalue weighted by molar-refractivity contribution is 0.0950. The van der Waals surface area contributed by atoms with Crippen molar-refractivity contribution in [3.63, 3.8) is 0 Å². The third-order valence-electron chi connectivity index (χ3n) is 6.95. The summed E-state index contributed by atoms with van der Waals surface area (Å²) in [6.45, 7) is 4.56. The number of nitrogens with one attached hydrogen (secondary N) is 2. The fourth-order valence-corrected chi connectivity index (χ4v) is 4.82. The summed E-state index contributed by atoms with van der Waals surface area (Å²) in [7, 11) is 0. The van der Waals surface area contributed by atoms with Gasteiger partial charge in [0.1, 0.15) is 0 Å². The molecule has 4 aromatic rings. The lowest BCUT2D eigenvalue weighted by Gasteiger charge is -2.33. The second-order valence-electron chi connectivity index (χ2n) is 9.55. The minimum atomic E-state index is -0.193. The minimum absolute atomic E-state index is 0.145. The summed E-state index contributed by atoms with van der Waals surface area (Å²) in [5, 5.41) is 8.00. The number of nitrogens with zero attached hydrogens (tertiary/aromatic N) is 1. The number of anilines is 2. The van der Waals surface area contributed by atoms with E-state index in [1.54, 1.807) is 6.07 Å². The predicted octanol–water partition coefficient (Wildman–Crippen LogP) is 6.26. The van der Waals surface area contributed by atoms with Crippen LogP contribution in [0.2, 0.25) is 0 Å². The third kappa shape index (κ3) is 5.25. The first-order chi connectivity index (χ1) is 17.6. The first kappa shape index (κ1) is 23.6. The van der Waals surface area contributed by atoms with Crippen molar-refractivity contribution in [2.75, 3.05) is 23.3 Å². The van der Waals surface area contributed by atoms with Gasteiger partial charge in [0.05, 0.1) is 5.56 Å². The van der Waals surface area contributed by atoms with Gasteiger partial charge in [-0.2, -0.15) is 0 Å². The van der Waals surface area contributed by atoms with Crippen LogP contribution in [-0.2, 0) is 6.54 Å². The van der Waals surface area contributed by atoms with Crippen LogP contribution in [0, 0.1) is 5.92 Å². The van der Waals surface area contributed by atoms with E-state index in [1.807, 2.05) is 84.9 Å². The second-order valence-corrected chi connectivity index (χ2v) is 9.55. The van der Waals surface area contributed by atoms with Gasteiger partial charge < -0.3 is 15.5 Å². The van der Waals surface area contributed by atoms with Crippen LogP contribution in [0.5, 0.6) is 0 Å². The standard InChI is InChI=1S/C31H31N3O2/c1-22-16-18-34(19-17-22)29-15-14-25(20-28(29)30(35)32-21-23-8-3-2-4-9-23)33-31(36)27-13-7-11-24-10-5-6-12-26(24)27/h2-15,20,22H,16-19,21H2,1H3,(H,32,35)(H,33,36). The van der Waals surface area contributed by atoms with E-state index in [4.69, 9.17) is 0 Å². The molecule has 5 nitrogen and oxygen atoms in total. The summed E-state index contributed by atoms with van der Waals surface area (Å²) in [6, 6.07) is 29.1. The van der Waals surface area contributed by atoms with Crippen LogP contribution >= 0.6 is 0 Å². The molecule has 0 aliphatic carbocycles. The molecule has 0 atom stereocenters. The molecule has 1 saturated heterocycles. The van der Waals surface area contributed by atoms with E-state index in [9.17, 15) is 9.59 Å². The summed E-state index contributed by atoms with van der Waals surface area (Å²) >= 11 is 0. The minimum Gasteiger partial charge on any atom is -0.371 e. The molecule has 0 spiro atoms. The molecule has 0 unspecified atom stereocenters. The molecule has 1 aliphatic rings. The van der Waals surface area contributed by atoms with Gasteiger partial charge in [-0.15, -0.1) is 0 Å². The number of fused-ring (bicyclic) bond motifs is 1. The SMILES string of the molecule is CC1CCN(c2ccc(NC(=O)c3cccc4ccccc34)cc2C(=O)NCc2ccccc2)CC1. The molecule has 1 heterocycles. The van der Waals surface area contributed by atoms with Gasteiger partial charge in [0, 0.05) is 36.6 Å². The quantitative estimate of drug-likeness (QED) is 0.345. The molecule has 4 aromatic carbocycles. The molecule has 36 heavy (non-hydrogen) atoms. The highest BCUT2D eigenvalue weighted by atomic mass is 16.2. The Morgan fingerprint density at radius 1 is 0.806 bits per heavy atom. The molecule has 1 aliphatic heterocycles. The molecule has 2 amide bonds. The van der Waals surface area contributed by atoms with E-state index in [0.717, 1.165) is 48.0 Å². The molecule has 1 fully saturated rings. The van der Waals surface area contributed by atoms with Crippen LogP contribution in [0.1, 0.15) is 46.0 Å². The Bertz CT molecular complexity index is 1370. The molecule has 182 valence electrons. The third-order valence-corrected chi connectivity index (χ3v) is 6.95. The molecular weight excluding hydrogens is 446 g/mol. The van der Waals surface area contributed by atoms with Crippen molar-refractivity contribution in [3.05, 3.63) is 108 Å². The average Bonchev–Trinajstić information content (AvgIpc) is 2.92. The van der Waals surface area contributed by atoms with Gasteiger partial charge in [-0.25, -0.2) is 0 Å². The molecule has 0 bridgehead atoms. The fourth-order valence-electron chi connectivity index (χ4n) is 4.82. The van der Waals surface area contributed by atoms with Crippen LogP contribution in [-0.4, -0.2) is 24.9 Å². The number of amides is 2. The summed E-state index contributed by atoms with van der Waals surface area (Å²) in [5.74, 6) is 0.353. The van der Waals surface area contributed by atoms with E-state index in [-0.39, 0.29) is 11.8 Å². The van der Waals surface area contributed by atoms with Crippen molar-refractivity contribution in [2.24, 2.45) is 5.92 Å². The summed E-state index contributed by atoms with van der Waals surface area (Å²) in [4.78, 5) is 28.9. The van der Waals surface area contributed by atoms with E-state index in [2.05, 4.69) is 22.5 Å². The normalized spacial score (nSPS) is 14.0. The van der Waals surface area contributed by atoms with Gasteiger partial charge in [-0.3, -0.25) is 9.59 Å². The Balaban J connectivity index is 1.42. The number of hydrogen-bond donors (Lipinski definition) is 2. The Labute approximate surface area is 212 Å². The van der Waals surface area contributed by atoms with Crippen molar-refractivity contribution in [3.8, 4) is 0 Å². The van der Waals surface area contributed by atoms with Gasteiger partial charge in [0.2, 0.25) is 0 Å². The van der Waals surface area contributed by atoms with Gasteiger partial charge in [0.15, 0.2) is 0 Å². The zero-order valence-corrected chi connectivity index (χ0v) is 20.5. The van der Waals surface area contributed by atoms with Crippen LogP contribution in [0.25, 0.3) is 10.8 Å². The zero-order chi connectivity index (χ0) is 24.9. The smallest absolute Gasteiger partial charge is 0.256 e. The molecular formula is C31H31N3O2. The van der Waals surface area contributed by atoms with Crippen molar-refractivity contribution in [1.82, 2.24) is 5.32 Å². The summed E-state index contributed by atoms with van der Waals surface area (Å²) in [5.41, 5.74) is 3.75. The van der Waals surface area contributed by atoms with Gasteiger partial charge in [0.25, 0.3) is 11.8 Å². The molecule has 0 radical (unpaired) electrons. The maximum atomic E-state index is 13.4. The Kier molecular flexibility index (Phi) is 6.99. The topological polar surface area (TPSA) is 61.4 Å². The van der Waals surface area contributed by atoms with Crippen LogP contribution in [0.15, 0.2) is 91.0 Å². The maximum absolute atomic E-state index is 13.4. The molecule has 2 N–H and O–H groups in total. The van der Waals surface area contributed by atoms with E-state index >= 15 is 0 Å². The van der Waals surface area contributed by atoms with Gasteiger partial charge >= 0.3 is 0 Å². The second kappa shape index (κ2) is 10.6. The number of carbonyl (C=O) groups is 2. The van der Waals surface area contributed by atoms with Crippen LogP contribution in [0.3, 0.4) is 0 Å². The highest BCUT2D eigenvalue weighted by Crippen LogP contribution is 2.29. The summed E-state index contributed by atoms with van der Waals surface area (Å²) < 4.78 is 0. The lowest BCUT2D eigenvalue weighted by atomic mass is 9.97. The molecule has 0 saturated carbocycles. The highest BCUT2D eigenvalue weighted by molar-refractivity contribution is 6.13. The van der Waals surface area contributed by atoms with Crippen molar-refractivity contribution in [2.45, 2.75) is 26.3 Å². The first-order valence-corrected chi connectivity index (χ1v) is 12.6. The Hall–Kier alpha value is -4.12. The van der Waals surface area contributed by atoms with E-state index in [0.29, 0.717) is 29.3 Å². The number of benzene rings is 4. The number of hydrogen-bond acceptors (Lipinski definition) is 3. The van der Waals surface area contributed by atoms with Crippen molar-refractivity contribution in [1.29, 1.82) is 0 Å². The number of piperidine rings is 1. The Morgan fingerprint density at radius 3 is 2.33 bits per heavy atom. The number of rotatable bonds is 6. The molecule has 0 aromatic heterocycles. The van der Waals surface area contributed by atoms with Crippen molar-refractivity contribution >= 4 is 34.0 Å². The largest absolute Gasteiger partial charge is 0.371 e. The monoisotopic (exact) mass is 477 g/mol. The van der Waals surface area contributed by atoms with Crippen molar-refractivity contribution < 1.29 is 9.59 Å². The molecule has 5 rings (SSSR count). The van der Waals surface area contributed by atoms with E-state index in [1.165, 1.54) is 0 Å². The first-order valence-electron chi connectivity index (χ1n) is 12.6. The fraction of sp³-hybridized carbons (Fsp3) is 0.226. The Morgan fingerprint density at radius 2 is 1.53 bits per heavy atom. The van der Waals surface area contributed by atoms with Crippen LogP contribution in [0.4, 0.5) is 11.4 Å². The van der Waals surface area contributed by atoms with Gasteiger partial charge in [-0.1, -0.05) is 73.7 Å². The van der Waals surface area contributed by atoms with E-state index < -0.39 is 0 Å².